The average Bonchev–Trinajstić information content (AvgIpc) is 3.13. The molecule has 0 radical (unpaired) electrons. The van der Waals surface area contributed by atoms with Crippen molar-refractivity contribution in [1.29, 1.82) is 0 Å². The molecule has 1 aliphatic rings. The number of carbonyl (C=O) groups excluding carboxylic acids is 3. The van der Waals surface area contributed by atoms with Gasteiger partial charge in [-0.1, -0.05) is 108 Å². The first-order valence-corrected chi connectivity index (χ1v) is 17.8. The minimum absolute atomic E-state index is 0.00736. The van der Waals surface area contributed by atoms with Gasteiger partial charge in [0.15, 0.2) is 12.2 Å². The topological polar surface area (TPSA) is 140 Å². The number of ketones is 1. The predicted octanol–water partition coefficient (Wildman–Crippen LogP) is 6.96. The van der Waals surface area contributed by atoms with Gasteiger partial charge in [0, 0.05) is 22.9 Å². The van der Waals surface area contributed by atoms with Crippen LogP contribution < -0.4 is 0 Å². The predicted molar refractivity (Wildman–Crippen MR) is 193 cm³/mol. The van der Waals surface area contributed by atoms with E-state index in [1.165, 1.54) is 36.9 Å². The summed E-state index contributed by atoms with van der Waals surface area (Å²) in [7, 11) is 0. The first kappa shape index (κ1) is 38.4. The van der Waals surface area contributed by atoms with E-state index in [0.29, 0.717) is 0 Å². The lowest BCUT2D eigenvalue weighted by Crippen LogP contribution is -2.61. The fraction of sp³-hybridized carbons (Fsp3) is 0.325. The molecule has 12 heteroatoms. The van der Waals surface area contributed by atoms with Gasteiger partial charge in [0.1, 0.15) is 23.4 Å². The molecular formula is C40H41NO10S. The van der Waals surface area contributed by atoms with Crippen molar-refractivity contribution in [3.63, 3.8) is 0 Å². The van der Waals surface area contributed by atoms with Gasteiger partial charge < -0.3 is 28.5 Å². The number of nitro benzene ring substituents is 1. The summed E-state index contributed by atoms with van der Waals surface area (Å²) in [6, 6.07) is 32.6. The number of thioether (sulfide) groups is 1. The van der Waals surface area contributed by atoms with E-state index in [4.69, 9.17) is 23.7 Å². The maximum atomic E-state index is 13.7. The highest BCUT2D eigenvalue weighted by Gasteiger charge is 2.51. The molecule has 0 aliphatic carbocycles. The number of esters is 2. The number of rotatable bonds is 17. The Hall–Kier alpha value is -4.88. The zero-order valence-electron chi connectivity index (χ0n) is 29.0. The van der Waals surface area contributed by atoms with E-state index >= 15 is 0 Å². The molecule has 52 heavy (non-hydrogen) atoms. The van der Waals surface area contributed by atoms with Crippen molar-refractivity contribution in [3.05, 3.63) is 142 Å². The molecule has 0 N–H and O–H groups in total. The Morgan fingerprint density at radius 1 is 0.750 bits per heavy atom. The molecule has 1 aliphatic heterocycles. The van der Waals surface area contributed by atoms with Gasteiger partial charge >= 0.3 is 11.9 Å². The van der Waals surface area contributed by atoms with E-state index in [2.05, 4.69) is 0 Å². The second-order valence-electron chi connectivity index (χ2n) is 12.4. The molecule has 1 saturated heterocycles. The van der Waals surface area contributed by atoms with Gasteiger partial charge in [-0.3, -0.25) is 19.7 Å². The summed E-state index contributed by atoms with van der Waals surface area (Å²) in [5, 5.41) is 11.7. The van der Waals surface area contributed by atoms with Crippen LogP contribution in [0.25, 0.3) is 0 Å². The first-order valence-electron chi connectivity index (χ1n) is 16.9. The van der Waals surface area contributed by atoms with Gasteiger partial charge in [0.25, 0.3) is 5.69 Å². The minimum Gasteiger partial charge on any atom is -0.457 e. The van der Waals surface area contributed by atoms with Gasteiger partial charge in [-0.05, 0) is 37.1 Å². The molecule has 0 saturated carbocycles. The number of benzene rings is 4. The lowest BCUT2D eigenvalue weighted by atomic mass is 9.98. The number of Topliss-reactive ketones (excluding diaryl/α,β-unsaturated/α-hetero) is 1. The summed E-state index contributed by atoms with van der Waals surface area (Å²) in [5.74, 6) is -1.58. The molecule has 1 heterocycles. The maximum absolute atomic E-state index is 13.7. The van der Waals surface area contributed by atoms with Crippen LogP contribution in [-0.2, 0) is 57.7 Å². The number of aryl methyl sites for hydroxylation is 1. The summed E-state index contributed by atoms with van der Waals surface area (Å²) < 4.78 is 31.5. The molecule has 4 aromatic rings. The number of para-hydroxylation sites is 1. The van der Waals surface area contributed by atoms with E-state index in [-0.39, 0.29) is 49.7 Å². The number of hydrogen-bond acceptors (Lipinski definition) is 11. The number of nitro groups is 1. The Morgan fingerprint density at radius 3 is 2.02 bits per heavy atom. The Kier molecular flexibility index (Phi) is 14.1. The zero-order chi connectivity index (χ0) is 36.9. The van der Waals surface area contributed by atoms with E-state index < -0.39 is 53.1 Å². The van der Waals surface area contributed by atoms with E-state index in [1.807, 2.05) is 91.9 Å². The van der Waals surface area contributed by atoms with Crippen LogP contribution in [0.1, 0.15) is 42.0 Å². The van der Waals surface area contributed by atoms with Crippen LogP contribution in [0.3, 0.4) is 0 Å². The number of carbonyl (C=O) groups is 3. The monoisotopic (exact) mass is 727 g/mol. The van der Waals surface area contributed by atoms with E-state index in [9.17, 15) is 24.5 Å². The second kappa shape index (κ2) is 19.1. The van der Waals surface area contributed by atoms with E-state index in [1.54, 1.807) is 6.07 Å². The van der Waals surface area contributed by atoms with Gasteiger partial charge in [0.2, 0.25) is 0 Å². The molecule has 0 amide bonds. The molecule has 0 spiro atoms. The molecule has 4 aromatic carbocycles. The van der Waals surface area contributed by atoms with Gasteiger partial charge in [0.05, 0.1) is 37.6 Å². The van der Waals surface area contributed by atoms with Crippen LogP contribution in [0.2, 0.25) is 0 Å². The molecular weight excluding hydrogens is 687 g/mol. The molecule has 0 unspecified atom stereocenters. The lowest BCUT2D eigenvalue weighted by Gasteiger charge is -2.45. The van der Waals surface area contributed by atoms with Crippen molar-refractivity contribution in [1.82, 2.24) is 0 Å². The van der Waals surface area contributed by atoms with Gasteiger partial charge in [-0.2, -0.15) is 0 Å². The summed E-state index contributed by atoms with van der Waals surface area (Å²) in [5.41, 5.74) is 1.89. The lowest BCUT2D eigenvalue weighted by molar-refractivity contribution is -0.385. The van der Waals surface area contributed by atoms with Crippen LogP contribution >= 0.6 is 11.8 Å². The third-order valence-electron chi connectivity index (χ3n) is 8.28. The minimum atomic E-state index is -1.15. The normalized spacial score (nSPS) is 19.8. The number of nitrogens with zero attached hydrogens (tertiary/aromatic N) is 1. The SMILES string of the molecule is CC(=O)CCC(=O)O[C@H]1[C@H](OCc2ccccc2)[C@@H](OC(=O)Cc2ccccc2[N+](=O)[O-])[C@H](Sc2ccc(C)cc2)O[C@@H]1COCc1ccccc1. The van der Waals surface area contributed by atoms with Crippen LogP contribution in [0, 0.1) is 17.0 Å². The quantitative estimate of drug-likeness (QED) is 0.0634. The highest BCUT2D eigenvalue weighted by Crippen LogP contribution is 2.38. The van der Waals surface area contributed by atoms with Crippen molar-refractivity contribution in [2.24, 2.45) is 0 Å². The summed E-state index contributed by atoms with van der Waals surface area (Å²) in [6.07, 6.45) is -4.81. The third-order valence-corrected chi connectivity index (χ3v) is 9.44. The second-order valence-corrected chi connectivity index (χ2v) is 13.6. The molecule has 0 aromatic heterocycles. The van der Waals surface area contributed by atoms with Gasteiger partial charge in [-0.15, -0.1) is 0 Å². The largest absolute Gasteiger partial charge is 0.457 e. The van der Waals surface area contributed by atoms with Crippen molar-refractivity contribution in [3.8, 4) is 0 Å². The summed E-state index contributed by atoms with van der Waals surface area (Å²) in [4.78, 5) is 50.7. The van der Waals surface area contributed by atoms with Crippen molar-refractivity contribution in [2.75, 3.05) is 6.61 Å². The Morgan fingerprint density at radius 2 is 1.37 bits per heavy atom. The summed E-state index contributed by atoms with van der Waals surface area (Å²) in [6.45, 7) is 3.68. The standard InChI is InChI=1S/C40H41NO10S/c1-27-17-20-32(21-18-27)52-40-39(51-36(44)23-31-15-9-10-16-33(31)41(45)46)38(48-25-30-13-7-4-8-14-30)37(50-35(43)22-19-28(2)42)34(49-40)26-47-24-29-11-5-3-6-12-29/h3-18,20-21,34,37-40H,19,22-26H2,1-2H3/t34-,37-,38+,39-,40+/m1/s1. The Labute approximate surface area is 306 Å². The fourth-order valence-corrected chi connectivity index (χ4v) is 6.73. The highest BCUT2D eigenvalue weighted by atomic mass is 32.2. The van der Waals surface area contributed by atoms with Gasteiger partial charge in [-0.25, -0.2) is 0 Å². The zero-order valence-corrected chi connectivity index (χ0v) is 29.8. The van der Waals surface area contributed by atoms with Crippen molar-refractivity contribution < 1.29 is 43.0 Å². The maximum Gasteiger partial charge on any atom is 0.311 e. The number of hydrogen-bond donors (Lipinski definition) is 0. The molecule has 5 rings (SSSR count). The molecule has 0 bridgehead atoms. The fourth-order valence-electron chi connectivity index (χ4n) is 5.63. The van der Waals surface area contributed by atoms with Crippen molar-refractivity contribution in [2.45, 2.75) is 81.1 Å². The molecule has 11 nitrogen and oxygen atoms in total. The average molecular weight is 728 g/mol. The Bertz CT molecular complexity index is 1790. The van der Waals surface area contributed by atoms with Crippen LogP contribution in [-0.4, -0.2) is 59.1 Å². The van der Waals surface area contributed by atoms with Crippen LogP contribution in [0.4, 0.5) is 5.69 Å². The van der Waals surface area contributed by atoms with Crippen LogP contribution in [0.5, 0.6) is 0 Å². The van der Waals surface area contributed by atoms with Crippen molar-refractivity contribution >= 4 is 35.2 Å². The van der Waals surface area contributed by atoms with E-state index in [0.717, 1.165) is 21.6 Å². The molecule has 272 valence electrons. The first-order chi connectivity index (χ1) is 25.2. The highest BCUT2D eigenvalue weighted by molar-refractivity contribution is 7.99. The molecule has 1 fully saturated rings. The molecule has 5 atom stereocenters. The Balaban J connectivity index is 1.50. The smallest absolute Gasteiger partial charge is 0.311 e. The van der Waals surface area contributed by atoms with Crippen LogP contribution in [0.15, 0.2) is 114 Å². The summed E-state index contributed by atoms with van der Waals surface area (Å²) >= 11 is 1.30. The number of ether oxygens (including phenoxy) is 5. The third kappa shape index (κ3) is 11.3.